The number of hydrogen-bond donors (Lipinski definition) is 3. The van der Waals surface area contributed by atoms with Gasteiger partial charge in [0.1, 0.15) is 0 Å². The zero-order valence-electron chi connectivity index (χ0n) is 21.2. The van der Waals surface area contributed by atoms with E-state index in [4.69, 9.17) is 19.4 Å². The van der Waals surface area contributed by atoms with Crippen LogP contribution in [0.25, 0.3) is 11.4 Å². The van der Waals surface area contributed by atoms with Crippen LogP contribution in [0.1, 0.15) is 25.7 Å². The first-order valence-corrected chi connectivity index (χ1v) is 13.3. The van der Waals surface area contributed by atoms with Gasteiger partial charge >= 0.3 is 12.0 Å². The fourth-order valence-corrected chi connectivity index (χ4v) is 5.13. The number of benzene rings is 1. The van der Waals surface area contributed by atoms with Crippen LogP contribution in [0, 0.1) is 5.92 Å². The highest BCUT2D eigenvalue weighted by Gasteiger charge is 2.35. The predicted octanol–water partition coefficient (Wildman–Crippen LogP) is 3.32. The van der Waals surface area contributed by atoms with Crippen LogP contribution in [0.15, 0.2) is 48.8 Å². The Hall–Kier alpha value is -3.83. The van der Waals surface area contributed by atoms with Crippen molar-refractivity contribution in [3.05, 3.63) is 48.8 Å². The van der Waals surface area contributed by atoms with E-state index in [1.54, 1.807) is 24.5 Å². The molecule has 2 unspecified atom stereocenters. The quantitative estimate of drug-likeness (QED) is 0.433. The molecule has 0 aliphatic carbocycles. The maximum Gasteiger partial charge on any atom is 0.323 e. The number of aromatic nitrogens is 4. The number of nitrogens with one attached hydrogen (secondary N) is 3. The molecule has 198 valence electrons. The van der Waals surface area contributed by atoms with Crippen LogP contribution >= 0.6 is 0 Å². The molecule has 3 aromatic rings. The topological polar surface area (TPSA) is 126 Å². The van der Waals surface area contributed by atoms with Crippen molar-refractivity contribution in [2.75, 3.05) is 48.3 Å². The zero-order valence-corrected chi connectivity index (χ0v) is 21.2. The molecule has 0 radical (unpaired) electrons. The lowest BCUT2D eigenvalue weighted by Crippen LogP contribution is -2.43. The molecule has 3 aliphatic heterocycles. The van der Waals surface area contributed by atoms with Crippen LogP contribution in [0.3, 0.4) is 0 Å². The third-order valence-electron chi connectivity index (χ3n) is 7.16. The molecule has 11 heteroatoms. The van der Waals surface area contributed by atoms with Crippen molar-refractivity contribution in [2.45, 2.75) is 37.9 Å². The fraction of sp³-hybridized carbons (Fsp3) is 0.444. The van der Waals surface area contributed by atoms with Gasteiger partial charge in [-0.25, -0.2) is 4.79 Å². The molecule has 2 atom stereocenters. The lowest BCUT2D eigenvalue weighted by Gasteiger charge is -2.32. The molecule has 0 spiro atoms. The predicted molar refractivity (Wildman–Crippen MR) is 143 cm³/mol. The van der Waals surface area contributed by atoms with Gasteiger partial charge in [0.2, 0.25) is 5.95 Å². The van der Waals surface area contributed by atoms with Crippen LogP contribution in [-0.4, -0.2) is 71.0 Å². The zero-order chi connectivity index (χ0) is 25.7. The normalized spacial score (nSPS) is 21.2. The van der Waals surface area contributed by atoms with E-state index >= 15 is 0 Å². The first-order valence-electron chi connectivity index (χ1n) is 13.3. The van der Waals surface area contributed by atoms with Crippen LogP contribution in [0.4, 0.5) is 22.1 Å². The molecule has 1 aromatic carbocycles. The number of urea groups is 1. The monoisotopic (exact) mass is 516 g/mol. The molecule has 0 saturated carbocycles. The second-order valence-corrected chi connectivity index (χ2v) is 10.0. The Morgan fingerprint density at radius 2 is 1.74 bits per heavy atom. The number of carbonyl (C=O) groups excluding carboxylic acids is 1. The van der Waals surface area contributed by atoms with Crippen molar-refractivity contribution in [3.8, 4) is 17.4 Å². The van der Waals surface area contributed by atoms with Crippen molar-refractivity contribution in [1.29, 1.82) is 0 Å². The highest BCUT2D eigenvalue weighted by Crippen LogP contribution is 2.30. The average Bonchev–Trinajstić information content (AvgIpc) is 3.30. The number of morpholine rings is 1. The van der Waals surface area contributed by atoms with E-state index < -0.39 is 0 Å². The fourth-order valence-electron chi connectivity index (χ4n) is 5.13. The van der Waals surface area contributed by atoms with E-state index in [0.717, 1.165) is 57.4 Å². The number of carbonyl (C=O) groups is 1. The van der Waals surface area contributed by atoms with Gasteiger partial charge in [-0.1, -0.05) is 0 Å². The number of fused-ring (bicyclic) bond motifs is 2. The summed E-state index contributed by atoms with van der Waals surface area (Å²) in [5.41, 5.74) is 2.08. The third-order valence-corrected chi connectivity index (χ3v) is 7.16. The molecule has 3 N–H and O–H groups in total. The van der Waals surface area contributed by atoms with Gasteiger partial charge in [-0.05, 0) is 81.1 Å². The SMILES string of the molecule is O=C(Nc1ccc(-c2nc(OCC3CCNCC3)nc(N3CC4CCC(C3)O4)n2)cc1)Nc1cccnc1. The maximum absolute atomic E-state index is 12.3. The molecular formula is C27H32N8O3. The number of rotatable bonds is 7. The van der Waals surface area contributed by atoms with Gasteiger partial charge in [-0.2, -0.15) is 15.0 Å². The minimum absolute atomic E-state index is 0.219. The number of ether oxygens (including phenoxy) is 2. The van der Waals surface area contributed by atoms with E-state index in [-0.39, 0.29) is 18.2 Å². The van der Waals surface area contributed by atoms with E-state index in [2.05, 4.69) is 30.8 Å². The maximum atomic E-state index is 12.3. The molecule has 2 bridgehead atoms. The van der Waals surface area contributed by atoms with Crippen molar-refractivity contribution in [2.24, 2.45) is 5.92 Å². The molecule has 3 aliphatic rings. The Morgan fingerprint density at radius 1 is 0.974 bits per heavy atom. The van der Waals surface area contributed by atoms with E-state index in [1.807, 2.05) is 24.3 Å². The number of nitrogens with zero attached hydrogens (tertiary/aromatic N) is 5. The number of amides is 2. The Bertz CT molecular complexity index is 1220. The lowest BCUT2D eigenvalue weighted by molar-refractivity contribution is 0.0298. The Kier molecular flexibility index (Phi) is 7.27. The van der Waals surface area contributed by atoms with Gasteiger partial charge in [-0.3, -0.25) is 4.98 Å². The first-order chi connectivity index (χ1) is 18.7. The molecule has 3 fully saturated rings. The van der Waals surface area contributed by atoms with Crippen molar-refractivity contribution in [1.82, 2.24) is 25.3 Å². The molecule has 5 heterocycles. The second kappa shape index (κ2) is 11.3. The summed E-state index contributed by atoms with van der Waals surface area (Å²) in [6.07, 6.45) is 7.99. The second-order valence-electron chi connectivity index (χ2n) is 10.0. The lowest BCUT2D eigenvalue weighted by atomic mass is 9.99. The standard InChI is InChI=1S/C27H32N8O3/c36-26(31-21-2-1-11-29-14-21)30-20-5-3-19(4-6-20)24-32-25(35-15-22-7-8-23(16-35)38-22)34-27(33-24)37-17-18-9-12-28-13-10-18/h1-6,11,14,18,22-23,28H,7-10,12-13,15-17H2,(H2,30,31,36). The van der Waals surface area contributed by atoms with Gasteiger partial charge in [0.15, 0.2) is 5.82 Å². The van der Waals surface area contributed by atoms with Crippen LogP contribution < -0.4 is 25.6 Å². The summed E-state index contributed by atoms with van der Waals surface area (Å²) in [6.45, 7) is 4.15. The summed E-state index contributed by atoms with van der Waals surface area (Å²) in [5, 5.41) is 8.98. The summed E-state index contributed by atoms with van der Waals surface area (Å²) in [4.78, 5) is 32.7. The van der Waals surface area contributed by atoms with Crippen molar-refractivity contribution >= 4 is 23.4 Å². The van der Waals surface area contributed by atoms with Gasteiger partial charge in [0.25, 0.3) is 0 Å². The van der Waals surface area contributed by atoms with E-state index in [9.17, 15) is 4.79 Å². The summed E-state index contributed by atoms with van der Waals surface area (Å²) in [7, 11) is 0. The van der Waals surface area contributed by atoms with E-state index in [0.29, 0.717) is 41.7 Å². The number of piperidine rings is 1. The van der Waals surface area contributed by atoms with Gasteiger partial charge in [-0.15, -0.1) is 0 Å². The molecule has 2 amide bonds. The third kappa shape index (κ3) is 6.00. The Morgan fingerprint density at radius 3 is 2.47 bits per heavy atom. The van der Waals surface area contributed by atoms with Gasteiger partial charge in [0.05, 0.1) is 30.7 Å². The molecule has 2 aromatic heterocycles. The summed E-state index contributed by atoms with van der Waals surface area (Å²) >= 11 is 0. The largest absolute Gasteiger partial charge is 0.463 e. The van der Waals surface area contributed by atoms with E-state index in [1.165, 1.54) is 0 Å². The molecule has 38 heavy (non-hydrogen) atoms. The van der Waals surface area contributed by atoms with Crippen LogP contribution in [0.2, 0.25) is 0 Å². The Labute approximate surface area is 221 Å². The summed E-state index contributed by atoms with van der Waals surface area (Å²) < 4.78 is 12.1. The highest BCUT2D eigenvalue weighted by molar-refractivity contribution is 5.99. The minimum Gasteiger partial charge on any atom is -0.463 e. The van der Waals surface area contributed by atoms with Crippen LogP contribution in [-0.2, 0) is 4.74 Å². The summed E-state index contributed by atoms with van der Waals surface area (Å²) in [6, 6.07) is 11.0. The van der Waals surface area contributed by atoms with Gasteiger partial charge in [0, 0.05) is 30.5 Å². The number of pyridine rings is 1. The first kappa shape index (κ1) is 24.5. The minimum atomic E-state index is -0.344. The number of hydrogen-bond acceptors (Lipinski definition) is 9. The summed E-state index contributed by atoms with van der Waals surface area (Å²) in [5.74, 6) is 1.65. The average molecular weight is 517 g/mol. The smallest absolute Gasteiger partial charge is 0.323 e. The molecule has 3 saturated heterocycles. The van der Waals surface area contributed by atoms with Crippen LogP contribution in [0.5, 0.6) is 6.01 Å². The van der Waals surface area contributed by atoms with Gasteiger partial charge < -0.3 is 30.3 Å². The van der Waals surface area contributed by atoms with Crippen molar-refractivity contribution < 1.29 is 14.3 Å². The highest BCUT2D eigenvalue weighted by atomic mass is 16.5. The molecular weight excluding hydrogens is 484 g/mol. The van der Waals surface area contributed by atoms with Crippen molar-refractivity contribution in [3.63, 3.8) is 0 Å². The Balaban J connectivity index is 1.19. The molecule has 11 nitrogen and oxygen atoms in total. The molecule has 6 rings (SSSR count). The number of anilines is 3.